The van der Waals surface area contributed by atoms with Gasteiger partial charge in [-0.15, -0.1) is 0 Å². The molecule has 1 fully saturated rings. The topological polar surface area (TPSA) is 21.3 Å². The normalized spacial score (nSPS) is 19.5. The van der Waals surface area contributed by atoms with Gasteiger partial charge in [0.2, 0.25) is 0 Å². The average molecular weight is 245 g/mol. The molecule has 2 rings (SSSR count). The molecule has 1 aliphatic rings. The summed E-state index contributed by atoms with van der Waals surface area (Å²) in [5.41, 5.74) is 2.41. The Hall–Kier alpha value is -1.28. The first-order valence-electron chi connectivity index (χ1n) is 6.83. The van der Waals surface area contributed by atoms with Gasteiger partial charge in [-0.05, 0) is 56.0 Å². The molecule has 1 heterocycles. The Morgan fingerprint density at radius 1 is 1.44 bits per heavy atom. The van der Waals surface area contributed by atoms with Crippen molar-refractivity contribution >= 4 is 0 Å². The monoisotopic (exact) mass is 245 g/mol. The number of hydrogen-bond acceptors (Lipinski definition) is 2. The number of ether oxygens (including phenoxy) is 1. The van der Waals surface area contributed by atoms with Gasteiger partial charge in [0.15, 0.2) is 0 Å². The van der Waals surface area contributed by atoms with E-state index in [1.54, 1.807) is 0 Å². The van der Waals surface area contributed by atoms with Gasteiger partial charge in [-0.1, -0.05) is 25.1 Å². The highest BCUT2D eigenvalue weighted by Crippen LogP contribution is 2.18. The molecule has 1 aromatic carbocycles. The van der Waals surface area contributed by atoms with Crippen LogP contribution in [0.3, 0.4) is 0 Å². The number of nitrogens with one attached hydrogen (secondary N) is 1. The molecule has 0 bridgehead atoms. The van der Waals surface area contributed by atoms with E-state index in [1.165, 1.54) is 24.8 Å². The molecule has 0 saturated carbocycles. The van der Waals surface area contributed by atoms with E-state index in [0.717, 1.165) is 24.3 Å². The molecule has 1 N–H and O–H groups in total. The van der Waals surface area contributed by atoms with Crippen molar-refractivity contribution in [3.63, 3.8) is 0 Å². The van der Waals surface area contributed by atoms with Gasteiger partial charge < -0.3 is 10.1 Å². The summed E-state index contributed by atoms with van der Waals surface area (Å²) in [5.74, 6) is 0.950. The van der Waals surface area contributed by atoms with E-state index in [4.69, 9.17) is 4.74 Å². The van der Waals surface area contributed by atoms with E-state index in [9.17, 15) is 0 Å². The molecule has 98 valence electrons. The second-order valence-corrected chi connectivity index (χ2v) is 5.24. The van der Waals surface area contributed by atoms with Crippen molar-refractivity contribution < 1.29 is 4.74 Å². The van der Waals surface area contributed by atoms with Crippen LogP contribution in [0.2, 0.25) is 0 Å². The standard InChI is InChI=1S/C16H23NO/c1-13(2)12-18-16-8-5-6-14(11-16)10-15-7-3-4-9-17-15/h5-6,8,11,15,17H,1,3-4,7,9-10,12H2,2H3. The van der Waals surface area contributed by atoms with E-state index in [-0.39, 0.29) is 0 Å². The lowest BCUT2D eigenvalue weighted by Gasteiger charge is -2.23. The molecular weight excluding hydrogens is 222 g/mol. The summed E-state index contributed by atoms with van der Waals surface area (Å²) in [6.07, 6.45) is 5.06. The fourth-order valence-electron chi connectivity index (χ4n) is 2.35. The summed E-state index contributed by atoms with van der Waals surface area (Å²) in [7, 11) is 0. The Labute approximate surface area is 110 Å². The van der Waals surface area contributed by atoms with Gasteiger partial charge in [0.05, 0.1) is 0 Å². The van der Waals surface area contributed by atoms with Crippen molar-refractivity contribution in [2.75, 3.05) is 13.2 Å². The molecule has 1 unspecified atom stereocenters. The van der Waals surface area contributed by atoms with Gasteiger partial charge in [-0.2, -0.15) is 0 Å². The third kappa shape index (κ3) is 4.19. The first-order valence-corrected chi connectivity index (χ1v) is 6.83. The number of benzene rings is 1. The van der Waals surface area contributed by atoms with Crippen LogP contribution >= 0.6 is 0 Å². The molecule has 2 heteroatoms. The Morgan fingerprint density at radius 2 is 2.33 bits per heavy atom. The summed E-state index contributed by atoms with van der Waals surface area (Å²) < 4.78 is 5.68. The number of piperidine rings is 1. The van der Waals surface area contributed by atoms with Crippen molar-refractivity contribution in [2.24, 2.45) is 0 Å². The molecule has 1 saturated heterocycles. The number of rotatable bonds is 5. The molecule has 0 aromatic heterocycles. The second-order valence-electron chi connectivity index (χ2n) is 5.24. The van der Waals surface area contributed by atoms with Crippen LogP contribution in [-0.2, 0) is 6.42 Å². The van der Waals surface area contributed by atoms with Crippen LogP contribution < -0.4 is 10.1 Å². The smallest absolute Gasteiger partial charge is 0.120 e. The maximum Gasteiger partial charge on any atom is 0.120 e. The average Bonchev–Trinajstić information content (AvgIpc) is 2.38. The van der Waals surface area contributed by atoms with E-state index >= 15 is 0 Å². The molecule has 0 aliphatic carbocycles. The fraction of sp³-hybridized carbons (Fsp3) is 0.500. The van der Waals surface area contributed by atoms with Gasteiger partial charge in [0.1, 0.15) is 12.4 Å². The van der Waals surface area contributed by atoms with Crippen molar-refractivity contribution in [1.82, 2.24) is 5.32 Å². The lowest BCUT2D eigenvalue weighted by Crippen LogP contribution is -2.35. The Bertz CT molecular complexity index is 394. The summed E-state index contributed by atoms with van der Waals surface area (Å²) >= 11 is 0. The number of hydrogen-bond donors (Lipinski definition) is 1. The molecule has 0 radical (unpaired) electrons. The Kier molecular flexibility index (Phi) is 4.82. The minimum absolute atomic E-state index is 0.602. The van der Waals surface area contributed by atoms with E-state index in [1.807, 2.05) is 13.0 Å². The zero-order valence-corrected chi connectivity index (χ0v) is 11.2. The predicted molar refractivity (Wildman–Crippen MR) is 76.1 cm³/mol. The van der Waals surface area contributed by atoms with E-state index in [0.29, 0.717) is 12.6 Å². The highest BCUT2D eigenvalue weighted by Gasteiger charge is 2.13. The SMILES string of the molecule is C=C(C)COc1cccc(CC2CCCCN2)c1. The summed E-state index contributed by atoms with van der Waals surface area (Å²) in [5, 5.41) is 3.58. The highest BCUT2D eigenvalue weighted by atomic mass is 16.5. The van der Waals surface area contributed by atoms with Crippen molar-refractivity contribution in [1.29, 1.82) is 0 Å². The minimum atomic E-state index is 0.602. The third-order valence-corrected chi connectivity index (χ3v) is 3.28. The first kappa shape index (κ1) is 13.2. The molecular formula is C16H23NO. The van der Waals surface area contributed by atoms with Crippen LogP contribution in [0, 0.1) is 0 Å². The van der Waals surface area contributed by atoms with Crippen molar-refractivity contribution in [3.8, 4) is 5.75 Å². The van der Waals surface area contributed by atoms with E-state index < -0.39 is 0 Å². The zero-order valence-electron chi connectivity index (χ0n) is 11.2. The molecule has 0 amide bonds. The van der Waals surface area contributed by atoms with Crippen LogP contribution in [0.4, 0.5) is 0 Å². The van der Waals surface area contributed by atoms with Crippen molar-refractivity contribution in [2.45, 2.75) is 38.6 Å². The largest absolute Gasteiger partial charge is 0.489 e. The lowest BCUT2D eigenvalue weighted by molar-refractivity contribution is 0.351. The molecule has 0 spiro atoms. The molecule has 1 atom stereocenters. The highest BCUT2D eigenvalue weighted by molar-refractivity contribution is 5.29. The second kappa shape index (κ2) is 6.60. The van der Waals surface area contributed by atoms with Crippen molar-refractivity contribution in [3.05, 3.63) is 42.0 Å². The molecule has 2 nitrogen and oxygen atoms in total. The van der Waals surface area contributed by atoms with Crippen LogP contribution in [-0.4, -0.2) is 19.2 Å². The van der Waals surface area contributed by atoms with Crippen LogP contribution in [0.25, 0.3) is 0 Å². The van der Waals surface area contributed by atoms with Crippen LogP contribution in [0.5, 0.6) is 5.75 Å². The third-order valence-electron chi connectivity index (χ3n) is 3.28. The van der Waals surface area contributed by atoms with Gasteiger partial charge in [-0.25, -0.2) is 0 Å². The van der Waals surface area contributed by atoms with Gasteiger partial charge >= 0.3 is 0 Å². The summed E-state index contributed by atoms with van der Waals surface area (Å²) in [6.45, 7) is 7.60. The van der Waals surface area contributed by atoms with Gasteiger partial charge in [-0.3, -0.25) is 0 Å². The molecule has 18 heavy (non-hydrogen) atoms. The predicted octanol–water partition coefficient (Wildman–Crippen LogP) is 3.33. The maximum atomic E-state index is 5.68. The summed E-state index contributed by atoms with van der Waals surface area (Å²) in [6, 6.07) is 9.06. The van der Waals surface area contributed by atoms with Gasteiger partial charge in [0.25, 0.3) is 0 Å². The lowest BCUT2D eigenvalue weighted by atomic mass is 9.98. The van der Waals surface area contributed by atoms with Crippen LogP contribution in [0.1, 0.15) is 31.7 Å². The van der Waals surface area contributed by atoms with Crippen LogP contribution in [0.15, 0.2) is 36.4 Å². The summed E-state index contributed by atoms with van der Waals surface area (Å²) in [4.78, 5) is 0. The zero-order chi connectivity index (χ0) is 12.8. The maximum absolute atomic E-state index is 5.68. The Morgan fingerprint density at radius 3 is 3.06 bits per heavy atom. The minimum Gasteiger partial charge on any atom is -0.489 e. The van der Waals surface area contributed by atoms with E-state index in [2.05, 4.69) is 30.1 Å². The Balaban J connectivity index is 1.91. The fourth-order valence-corrected chi connectivity index (χ4v) is 2.35. The first-order chi connectivity index (χ1) is 8.74. The van der Waals surface area contributed by atoms with Gasteiger partial charge in [0, 0.05) is 6.04 Å². The molecule has 1 aromatic rings. The molecule has 1 aliphatic heterocycles. The quantitative estimate of drug-likeness (QED) is 0.803.